The van der Waals surface area contributed by atoms with Crippen LogP contribution in [0.2, 0.25) is 5.02 Å². The maximum absolute atomic E-state index is 10.4. The summed E-state index contributed by atoms with van der Waals surface area (Å²) in [7, 11) is 0. The lowest BCUT2D eigenvalue weighted by atomic mass is 10.1. The van der Waals surface area contributed by atoms with Crippen LogP contribution in [0.1, 0.15) is 15.9 Å². The zero-order chi connectivity index (χ0) is 8.27. The molecule has 0 saturated heterocycles. The van der Waals surface area contributed by atoms with Crippen molar-refractivity contribution in [1.82, 2.24) is 0 Å². The summed E-state index contributed by atoms with van der Waals surface area (Å²) in [5.41, 5.74) is 1.39. The van der Waals surface area contributed by atoms with Crippen molar-refractivity contribution in [1.29, 1.82) is 0 Å². The van der Waals surface area contributed by atoms with Crippen molar-refractivity contribution >= 4 is 24.0 Å². The smallest absolute Gasteiger partial charge is 0.150 e. The highest BCUT2D eigenvalue weighted by Gasteiger charge is 1.97. The summed E-state index contributed by atoms with van der Waals surface area (Å²) in [6, 6.07) is 5.06. The number of hydrogen-bond donors (Lipinski definition) is 0. The molecular weight excluding hydrogens is 160 g/mol. The molecule has 0 aliphatic carbocycles. The number of hydrogen-bond acceptors (Lipinski definition) is 1. The van der Waals surface area contributed by atoms with Crippen LogP contribution in [0.15, 0.2) is 24.8 Å². The van der Waals surface area contributed by atoms with E-state index in [0.29, 0.717) is 10.6 Å². The third-order valence-corrected chi connectivity index (χ3v) is 1.63. The first-order valence-electron chi connectivity index (χ1n) is 3.15. The fourth-order valence-electron chi connectivity index (χ4n) is 0.830. The van der Waals surface area contributed by atoms with E-state index < -0.39 is 0 Å². The largest absolute Gasteiger partial charge is 0.298 e. The molecule has 0 aliphatic heterocycles. The normalized spacial score (nSPS) is 9.18. The van der Waals surface area contributed by atoms with Crippen LogP contribution in [0.4, 0.5) is 0 Å². The molecule has 0 N–H and O–H groups in total. The molecule has 0 aromatic heterocycles. The lowest BCUT2D eigenvalue weighted by Gasteiger charge is -1.97. The molecule has 0 fully saturated rings. The van der Waals surface area contributed by atoms with Crippen molar-refractivity contribution in [3.63, 3.8) is 0 Å². The lowest BCUT2D eigenvalue weighted by molar-refractivity contribution is 0.112. The van der Waals surface area contributed by atoms with Gasteiger partial charge in [0.25, 0.3) is 0 Å². The van der Waals surface area contributed by atoms with Gasteiger partial charge in [0.15, 0.2) is 6.29 Å². The molecule has 56 valence electrons. The predicted octanol–water partition coefficient (Wildman–Crippen LogP) is 2.80. The number of aldehydes is 1. The molecule has 0 spiro atoms. The predicted molar refractivity (Wildman–Crippen MR) is 46.9 cm³/mol. The van der Waals surface area contributed by atoms with E-state index in [4.69, 9.17) is 11.6 Å². The van der Waals surface area contributed by atoms with E-state index >= 15 is 0 Å². The van der Waals surface area contributed by atoms with E-state index in [9.17, 15) is 4.79 Å². The average Bonchev–Trinajstić information content (AvgIpc) is 2.04. The van der Waals surface area contributed by atoms with E-state index in [-0.39, 0.29) is 0 Å². The Bertz CT molecular complexity index is 292. The van der Waals surface area contributed by atoms with Crippen molar-refractivity contribution < 1.29 is 4.79 Å². The summed E-state index contributed by atoms with van der Waals surface area (Å²) in [5, 5.41) is 0.616. The van der Waals surface area contributed by atoms with Gasteiger partial charge in [-0.15, -0.1) is 0 Å². The molecular formula is C9H7ClO. The number of halogens is 1. The van der Waals surface area contributed by atoms with Crippen LogP contribution >= 0.6 is 11.6 Å². The van der Waals surface area contributed by atoms with E-state index in [0.717, 1.165) is 11.8 Å². The number of carbonyl (C=O) groups excluding carboxylic acids is 1. The first-order valence-corrected chi connectivity index (χ1v) is 3.53. The Labute approximate surface area is 70.3 Å². The topological polar surface area (TPSA) is 17.1 Å². The van der Waals surface area contributed by atoms with Crippen LogP contribution in [0.5, 0.6) is 0 Å². The second-order valence-electron chi connectivity index (χ2n) is 2.10. The van der Waals surface area contributed by atoms with Gasteiger partial charge < -0.3 is 0 Å². The van der Waals surface area contributed by atoms with Crippen LogP contribution in [-0.2, 0) is 0 Å². The number of carbonyl (C=O) groups is 1. The molecule has 2 heteroatoms. The van der Waals surface area contributed by atoms with Gasteiger partial charge in [0.1, 0.15) is 0 Å². The van der Waals surface area contributed by atoms with Crippen molar-refractivity contribution in [2.24, 2.45) is 0 Å². The summed E-state index contributed by atoms with van der Waals surface area (Å²) in [4.78, 5) is 10.4. The van der Waals surface area contributed by atoms with Gasteiger partial charge in [-0.3, -0.25) is 4.79 Å². The van der Waals surface area contributed by atoms with Gasteiger partial charge in [-0.25, -0.2) is 0 Å². The molecule has 0 radical (unpaired) electrons. The molecule has 0 unspecified atom stereocenters. The first kappa shape index (κ1) is 8.02. The Kier molecular flexibility index (Phi) is 2.44. The Morgan fingerprint density at radius 2 is 2.09 bits per heavy atom. The van der Waals surface area contributed by atoms with E-state index in [2.05, 4.69) is 6.58 Å². The molecule has 1 aromatic carbocycles. The minimum Gasteiger partial charge on any atom is -0.298 e. The average molecular weight is 167 g/mol. The van der Waals surface area contributed by atoms with Crippen LogP contribution in [-0.4, -0.2) is 6.29 Å². The molecule has 0 saturated carbocycles. The zero-order valence-corrected chi connectivity index (χ0v) is 6.64. The molecule has 1 nitrogen and oxygen atoms in total. The van der Waals surface area contributed by atoms with Crippen molar-refractivity contribution in [2.45, 2.75) is 0 Å². The fraction of sp³-hybridized carbons (Fsp3) is 0. The first-order chi connectivity index (χ1) is 5.27. The zero-order valence-electron chi connectivity index (χ0n) is 5.88. The summed E-state index contributed by atoms with van der Waals surface area (Å²) in [6.07, 6.45) is 2.39. The molecule has 0 atom stereocenters. The van der Waals surface area contributed by atoms with E-state index in [1.807, 2.05) is 0 Å². The summed E-state index contributed by atoms with van der Waals surface area (Å²) in [5.74, 6) is 0. The maximum Gasteiger partial charge on any atom is 0.150 e. The third-order valence-electron chi connectivity index (χ3n) is 1.40. The van der Waals surface area contributed by atoms with E-state index in [1.165, 1.54) is 0 Å². The monoisotopic (exact) mass is 166 g/mol. The van der Waals surface area contributed by atoms with Crippen molar-refractivity contribution in [3.8, 4) is 0 Å². The molecule has 11 heavy (non-hydrogen) atoms. The highest BCUT2D eigenvalue weighted by atomic mass is 35.5. The van der Waals surface area contributed by atoms with Gasteiger partial charge in [0, 0.05) is 10.6 Å². The lowest BCUT2D eigenvalue weighted by Crippen LogP contribution is -1.84. The summed E-state index contributed by atoms with van der Waals surface area (Å²) >= 11 is 5.69. The molecule has 0 heterocycles. The van der Waals surface area contributed by atoms with Gasteiger partial charge in [0.2, 0.25) is 0 Å². The Hall–Kier alpha value is -1.08. The Morgan fingerprint density at radius 3 is 2.64 bits per heavy atom. The van der Waals surface area contributed by atoms with Gasteiger partial charge in [-0.2, -0.15) is 0 Å². The van der Waals surface area contributed by atoms with Gasteiger partial charge in [-0.1, -0.05) is 24.3 Å². The molecule has 0 bridgehead atoms. The fourth-order valence-corrected chi connectivity index (χ4v) is 1.01. The van der Waals surface area contributed by atoms with Gasteiger partial charge in [0.05, 0.1) is 0 Å². The second-order valence-corrected chi connectivity index (χ2v) is 2.53. The Balaban J connectivity index is 3.26. The van der Waals surface area contributed by atoms with E-state index in [1.54, 1.807) is 24.3 Å². The van der Waals surface area contributed by atoms with Crippen molar-refractivity contribution in [3.05, 3.63) is 40.9 Å². The van der Waals surface area contributed by atoms with Crippen LogP contribution < -0.4 is 0 Å². The number of rotatable bonds is 2. The minimum atomic E-state index is 0.615. The van der Waals surface area contributed by atoms with Gasteiger partial charge >= 0.3 is 0 Å². The molecule has 0 aliphatic rings. The highest BCUT2D eigenvalue weighted by molar-refractivity contribution is 6.30. The molecule has 1 rings (SSSR count). The van der Waals surface area contributed by atoms with Crippen LogP contribution in [0.3, 0.4) is 0 Å². The van der Waals surface area contributed by atoms with Gasteiger partial charge in [-0.05, 0) is 23.8 Å². The Morgan fingerprint density at radius 1 is 1.36 bits per heavy atom. The molecule has 1 aromatic rings. The summed E-state index contributed by atoms with van der Waals surface area (Å²) < 4.78 is 0. The van der Waals surface area contributed by atoms with Crippen LogP contribution in [0.25, 0.3) is 6.08 Å². The quantitative estimate of drug-likeness (QED) is 0.618. The third kappa shape index (κ3) is 1.69. The highest BCUT2D eigenvalue weighted by Crippen LogP contribution is 2.15. The number of benzene rings is 1. The maximum atomic E-state index is 10.4. The standard InChI is InChI=1S/C9H7ClO/c1-2-7-5-9(10)4-3-8(7)6-11/h2-6H,1H2. The second kappa shape index (κ2) is 3.35. The summed E-state index contributed by atoms with van der Waals surface area (Å²) in [6.45, 7) is 3.56. The van der Waals surface area contributed by atoms with Crippen molar-refractivity contribution in [2.75, 3.05) is 0 Å². The SMILES string of the molecule is C=Cc1cc(Cl)ccc1C=O. The van der Waals surface area contributed by atoms with Crippen LogP contribution in [0, 0.1) is 0 Å². The minimum absolute atomic E-state index is 0.615. The molecule has 0 amide bonds.